The van der Waals surface area contributed by atoms with Gasteiger partial charge in [0, 0.05) is 101 Å². The molecule has 112 heavy (non-hydrogen) atoms. The molecule has 2 aromatic heterocycles. The number of aromatic nitrogens is 1. The van der Waals surface area contributed by atoms with Crippen LogP contribution in [0.4, 0.5) is 68.2 Å². The second-order valence-corrected chi connectivity index (χ2v) is 32.1. The fourth-order valence-corrected chi connectivity index (χ4v) is 18.6. The standard InChI is InChI=1S/C104H77B2N5O/c1-103(2,3)70-59-93-98-95(61-70)110(100-74(66-33-12-7-13-34-66)46-30-47-75(100)67-35-14-8-15-36-67)90-63-73(108-86-52-26-22-43-78(86)79-44-23-27-53-87(79)108)57-58-83(90)106(98)84-64-85-92(65-91(84)107(93)72-41-20-11-21-42-72)111(101-76(68-37-16-9-17-38-68)48-31-49-77(101)69-39-18-10-19-40-69)96-62-71(104(4,5)6)60-94-99(96)105(85)82-51-25-28-54-88(82)109(94)89-55-32-50-81-80-45-24-29-56-97(80)112-102(81)89/h7-65H,1-6H3/i22D,23D,26D,27D,43D,44D,52D,53D. The van der Waals surface area contributed by atoms with E-state index < -0.39 is 55.1 Å². The van der Waals surface area contributed by atoms with E-state index in [1.165, 1.54) is 0 Å². The summed E-state index contributed by atoms with van der Waals surface area (Å²) < 4.78 is 85.0. The average Bonchev–Trinajstić information content (AvgIpc) is 0.693. The van der Waals surface area contributed by atoms with E-state index in [0.717, 1.165) is 179 Å². The Kier molecular flexibility index (Phi) is 12.8. The fourth-order valence-electron chi connectivity index (χ4n) is 18.6. The summed E-state index contributed by atoms with van der Waals surface area (Å²) in [6.45, 7) is 12.8. The molecule has 0 radical (unpaired) electrons. The maximum atomic E-state index is 9.94. The summed E-state index contributed by atoms with van der Waals surface area (Å²) in [5, 5.41) is 2.08. The number of fused-ring (bicyclic) bond motifs is 14. The minimum absolute atomic E-state index is 0.00447. The smallest absolute Gasteiger partial charge is 0.252 e. The molecule has 0 N–H and O–H groups in total. The lowest BCUT2D eigenvalue weighted by Crippen LogP contribution is -2.65. The molecule has 0 spiro atoms. The summed E-state index contributed by atoms with van der Waals surface area (Å²) in [5.41, 5.74) is 29.4. The van der Waals surface area contributed by atoms with Crippen molar-refractivity contribution in [2.45, 2.75) is 52.4 Å². The molecule has 0 atom stereocenters. The van der Waals surface area contributed by atoms with Crippen molar-refractivity contribution in [2.24, 2.45) is 0 Å². The number of benzene rings is 16. The topological polar surface area (TPSA) is 31.0 Å². The summed E-state index contributed by atoms with van der Waals surface area (Å²) in [6, 6.07) is 108. The molecule has 0 aliphatic carbocycles. The van der Waals surface area contributed by atoms with Gasteiger partial charge >= 0.3 is 0 Å². The first-order valence-electron chi connectivity index (χ1n) is 42.6. The Morgan fingerprint density at radius 3 is 1.21 bits per heavy atom. The van der Waals surface area contributed by atoms with Crippen LogP contribution in [0.15, 0.2) is 362 Å². The van der Waals surface area contributed by atoms with Crippen molar-refractivity contribution in [1.82, 2.24) is 4.57 Å². The van der Waals surface area contributed by atoms with E-state index in [1.54, 1.807) is 4.57 Å². The summed E-state index contributed by atoms with van der Waals surface area (Å²) >= 11 is 0. The van der Waals surface area contributed by atoms with E-state index in [2.05, 4.69) is 346 Å². The Morgan fingerprint density at radius 2 is 0.688 bits per heavy atom. The molecule has 4 aliphatic heterocycles. The van der Waals surface area contributed by atoms with Crippen LogP contribution in [0.5, 0.6) is 0 Å². The van der Waals surface area contributed by atoms with Crippen molar-refractivity contribution < 1.29 is 15.4 Å². The average molecular weight is 1440 g/mol. The van der Waals surface area contributed by atoms with Gasteiger partial charge in [-0.15, -0.1) is 0 Å². The molecule has 0 fully saturated rings. The Hall–Kier alpha value is -13.6. The van der Waals surface area contributed by atoms with Gasteiger partial charge in [0.1, 0.15) is 5.58 Å². The first-order valence-corrected chi connectivity index (χ1v) is 38.6. The van der Waals surface area contributed by atoms with Crippen LogP contribution in [-0.4, -0.2) is 18.0 Å². The third-order valence-electron chi connectivity index (χ3n) is 23.7. The van der Waals surface area contributed by atoms with Gasteiger partial charge in [-0.3, -0.25) is 0 Å². The molecule has 6 nitrogen and oxygen atoms in total. The van der Waals surface area contributed by atoms with E-state index in [4.69, 9.17) is 7.16 Å². The van der Waals surface area contributed by atoms with Crippen molar-refractivity contribution in [1.29, 1.82) is 0 Å². The van der Waals surface area contributed by atoms with Crippen molar-refractivity contribution in [3.63, 3.8) is 0 Å². The fraction of sp³-hybridized carbons (Fsp3) is 0.0769. The second-order valence-electron chi connectivity index (χ2n) is 32.1. The zero-order chi connectivity index (χ0) is 81.8. The van der Waals surface area contributed by atoms with E-state index in [9.17, 15) is 8.22 Å². The van der Waals surface area contributed by atoms with Gasteiger partial charge < -0.3 is 28.6 Å². The maximum absolute atomic E-state index is 9.94. The van der Waals surface area contributed by atoms with Gasteiger partial charge in [-0.2, -0.15) is 0 Å². The van der Waals surface area contributed by atoms with Gasteiger partial charge in [-0.1, -0.05) is 314 Å². The normalized spacial score (nSPS) is 14.3. The van der Waals surface area contributed by atoms with Crippen molar-refractivity contribution in [3.05, 3.63) is 369 Å². The first-order chi connectivity index (χ1) is 58.2. The number of rotatable bonds is 9. The van der Waals surface area contributed by atoms with Crippen LogP contribution < -0.4 is 52.4 Å². The van der Waals surface area contributed by atoms with Gasteiger partial charge in [0.15, 0.2) is 5.58 Å². The highest BCUT2D eigenvalue weighted by Crippen LogP contribution is 2.56. The molecule has 0 amide bonds. The second kappa shape index (κ2) is 25.0. The highest BCUT2D eigenvalue weighted by Gasteiger charge is 2.50. The van der Waals surface area contributed by atoms with Crippen molar-refractivity contribution >= 4 is 158 Å². The van der Waals surface area contributed by atoms with Gasteiger partial charge in [-0.05, 0) is 162 Å². The highest BCUT2D eigenvalue weighted by molar-refractivity contribution is 7.03. The molecule has 6 heterocycles. The van der Waals surface area contributed by atoms with E-state index in [-0.39, 0.29) is 39.3 Å². The van der Waals surface area contributed by atoms with Gasteiger partial charge in [0.05, 0.1) is 39.1 Å². The molecule has 0 bridgehead atoms. The first kappa shape index (κ1) is 57.6. The molecule has 22 rings (SSSR count). The summed E-state index contributed by atoms with van der Waals surface area (Å²) in [7, 11) is 0. The SMILES string of the molecule is [2H]c1c([2H])c([2H])c2c(c1[2H])c1c([2H])c([2H])c([2H])c([2H])c1n2-c1ccc2c(c1)N(c1c(-c3ccccc3)cccc1-c1ccccc1)c1cc(C(C)(C)C)cc3c1B2c1cc2c(cc1N3c1ccccc1)N(c1c(-c3ccccc3)cccc1-c1ccccc1)c1cc(C(C)(C)C)cc3c1B2c1ccccc1N3c1cccc2c1oc1ccccc12. The predicted molar refractivity (Wildman–Crippen MR) is 475 cm³/mol. The molecule has 0 saturated heterocycles. The molecule has 0 saturated carbocycles. The lowest BCUT2D eigenvalue weighted by atomic mass is 9.30. The van der Waals surface area contributed by atoms with Crippen molar-refractivity contribution in [2.75, 3.05) is 19.6 Å². The summed E-state index contributed by atoms with van der Waals surface area (Å²) in [6.07, 6.45) is 0. The lowest BCUT2D eigenvalue weighted by molar-refractivity contribution is 0.590. The maximum Gasteiger partial charge on any atom is 0.252 e. The number of nitrogens with zero attached hydrogens (tertiary/aromatic N) is 5. The molecular weight excluding hydrogens is 1360 g/mol. The minimum Gasteiger partial charge on any atom is -0.454 e. The molecule has 530 valence electrons. The summed E-state index contributed by atoms with van der Waals surface area (Å²) in [4.78, 5) is 10.1. The molecule has 0 unspecified atom stereocenters. The monoisotopic (exact) mass is 1440 g/mol. The van der Waals surface area contributed by atoms with Gasteiger partial charge in [0.2, 0.25) is 0 Å². The third-order valence-corrected chi connectivity index (χ3v) is 23.7. The van der Waals surface area contributed by atoms with Crippen LogP contribution in [0.2, 0.25) is 0 Å². The van der Waals surface area contributed by atoms with Crippen LogP contribution in [0, 0.1) is 0 Å². The van der Waals surface area contributed by atoms with E-state index >= 15 is 0 Å². The molecule has 4 aliphatic rings. The molecule has 8 heteroatoms. The Labute approximate surface area is 665 Å². The van der Waals surface area contributed by atoms with Crippen LogP contribution in [0.1, 0.15) is 63.6 Å². The van der Waals surface area contributed by atoms with E-state index in [0.29, 0.717) is 5.69 Å². The lowest BCUT2D eigenvalue weighted by Gasteiger charge is -2.48. The third kappa shape index (κ3) is 9.93. The molecular formula is C104H77B2N5O. The predicted octanol–water partition coefficient (Wildman–Crippen LogP) is 24.1. The van der Waals surface area contributed by atoms with Crippen LogP contribution >= 0.6 is 0 Å². The van der Waals surface area contributed by atoms with Crippen molar-refractivity contribution in [3.8, 4) is 50.2 Å². The molecule has 18 aromatic rings. The zero-order valence-electron chi connectivity index (χ0n) is 70.7. The number of furan rings is 1. The highest BCUT2D eigenvalue weighted by atomic mass is 16.3. The van der Waals surface area contributed by atoms with Crippen LogP contribution in [0.25, 0.3) is 93.9 Å². The Bertz CT molecular complexity index is 7200. The van der Waals surface area contributed by atoms with Crippen LogP contribution in [0.3, 0.4) is 0 Å². The van der Waals surface area contributed by atoms with Gasteiger partial charge in [0.25, 0.3) is 13.4 Å². The quantitative estimate of drug-likeness (QED) is 0.134. The minimum atomic E-state index is -0.559. The number of anilines is 12. The number of para-hydroxylation sites is 8. The molecule has 16 aromatic carbocycles. The number of hydrogen-bond acceptors (Lipinski definition) is 5. The zero-order valence-corrected chi connectivity index (χ0v) is 62.7. The largest absolute Gasteiger partial charge is 0.454 e. The van der Waals surface area contributed by atoms with Gasteiger partial charge in [-0.25, -0.2) is 0 Å². The number of hydrogen-bond donors (Lipinski definition) is 0. The Morgan fingerprint density at radius 1 is 0.286 bits per heavy atom. The summed E-state index contributed by atoms with van der Waals surface area (Å²) in [5.74, 6) is 0. The van der Waals surface area contributed by atoms with E-state index in [1.807, 2.05) is 24.3 Å². The van der Waals surface area contributed by atoms with Crippen LogP contribution in [-0.2, 0) is 10.8 Å². The Balaban J connectivity index is 0.919.